The number of hydrogen-bond acceptors (Lipinski definition) is 4. The van der Waals surface area contributed by atoms with Gasteiger partial charge in [0, 0.05) is 12.1 Å². The van der Waals surface area contributed by atoms with Crippen LogP contribution in [0.3, 0.4) is 0 Å². The molecule has 1 aliphatic carbocycles. The van der Waals surface area contributed by atoms with E-state index < -0.39 is 11.5 Å². The SMILES string of the molecule is COc1cc(CNC2(C(=O)O)CCC2)c(OC)cc1Br. The van der Waals surface area contributed by atoms with Crippen LogP contribution in [0.2, 0.25) is 0 Å². The minimum atomic E-state index is -0.786. The Hall–Kier alpha value is -1.27. The minimum Gasteiger partial charge on any atom is -0.496 e. The van der Waals surface area contributed by atoms with Gasteiger partial charge in [0.25, 0.3) is 0 Å². The van der Waals surface area contributed by atoms with Crippen molar-refractivity contribution < 1.29 is 19.4 Å². The lowest BCUT2D eigenvalue weighted by atomic mass is 9.76. The number of ether oxygens (including phenoxy) is 2. The molecule has 0 radical (unpaired) electrons. The summed E-state index contributed by atoms with van der Waals surface area (Å²) in [6, 6.07) is 3.67. The fourth-order valence-corrected chi connectivity index (χ4v) is 2.81. The molecule has 1 aromatic rings. The van der Waals surface area contributed by atoms with Crippen LogP contribution in [0.15, 0.2) is 16.6 Å². The molecule has 20 heavy (non-hydrogen) atoms. The van der Waals surface area contributed by atoms with Crippen LogP contribution in [0.5, 0.6) is 11.5 Å². The Morgan fingerprint density at radius 1 is 1.35 bits per heavy atom. The van der Waals surface area contributed by atoms with Gasteiger partial charge in [-0.3, -0.25) is 10.1 Å². The van der Waals surface area contributed by atoms with Gasteiger partial charge in [-0.15, -0.1) is 0 Å². The number of rotatable bonds is 6. The quantitative estimate of drug-likeness (QED) is 0.830. The van der Waals surface area contributed by atoms with Crippen molar-refractivity contribution in [2.24, 2.45) is 0 Å². The highest BCUT2D eigenvalue weighted by molar-refractivity contribution is 9.10. The summed E-state index contributed by atoms with van der Waals surface area (Å²) in [4.78, 5) is 11.3. The lowest BCUT2D eigenvalue weighted by molar-refractivity contribution is -0.148. The van der Waals surface area contributed by atoms with E-state index in [0.717, 1.165) is 16.5 Å². The molecule has 2 N–H and O–H groups in total. The number of carbonyl (C=O) groups is 1. The van der Waals surface area contributed by atoms with Gasteiger partial charge in [-0.1, -0.05) is 0 Å². The maximum absolute atomic E-state index is 11.3. The van der Waals surface area contributed by atoms with Crippen LogP contribution in [-0.4, -0.2) is 30.8 Å². The molecule has 0 unspecified atom stereocenters. The summed E-state index contributed by atoms with van der Waals surface area (Å²) in [6.07, 6.45) is 2.27. The highest BCUT2D eigenvalue weighted by Crippen LogP contribution is 2.35. The largest absolute Gasteiger partial charge is 0.496 e. The Morgan fingerprint density at radius 3 is 2.45 bits per heavy atom. The van der Waals surface area contributed by atoms with Gasteiger partial charge in [0.2, 0.25) is 0 Å². The van der Waals surface area contributed by atoms with Gasteiger partial charge >= 0.3 is 5.97 Å². The number of methoxy groups -OCH3 is 2. The van der Waals surface area contributed by atoms with Crippen LogP contribution in [-0.2, 0) is 11.3 Å². The number of carboxylic acid groups (broad SMARTS) is 1. The summed E-state index contributed by atoms with van der Waals surface area (Å²) >= 11 is 3.40. The molecule has 0 spiro atoms. The third kappa shape index (κ3) is 2.76. The normalized spacial score (nSPS) is 16.4. The lowest BCUT2D eigenvalue weighted by Crippen LogP contribution is -2.56. The number of carboxylic acids is 1. The third-order valence-electron chi connectivity index (χ3n) is 3.79. The van der Waals surface area contributed by atoms with E-state index in [1.165, 1.54) is 0 Å². The summed E-state index contributed by atoms with van der Waals surface area (Å²) in [5.74, 6) is 0.609. The number of hydrogen-bond donors (Lipinski definition) is 2. The van der Waals surface area contributed by atoms with Crippen molar-refractivity contribution in [2.75, 3.05) is 14.2 Å². The minimum absolute atomic E-state index is 0.430. The van der Waals surface area contributed by atoms with E-state index in [0.29, 0.717) is 30.9 Å². The van der Waals surface area contributed by atoms with Gasteiger partial charge in [-0.2, -0.15) is 0 Å². The van der Waals surface area contributed by atoms with Gasteiger partial charge in [-0.25, -0.2) is 0 Å². The van der Waals surface area contributed by atoms with E-state index in [-0.39, 0.29) is 0 Å². The Labute approximate surface area is 126 Å². The first-order valence-corrected chi connectivity index (χ1v) is 7.20. The van der Waals surface area contributed by atoms with Gasteiger partial charge < -0.3 is 14.6 Å². The summed E-state index contributed by atoms with van der Waals surface area (Å²) in [6.45, 7) is 0.430. The summed E-state index contributed by atoms with van der Waals surface area (Å²) in [7, 11) is 3.18. The number of nitrogens with one attached hydrogen (secondary N) is 1. The van der Waals surface area contributed by atoms with Crippen molar-refractivity contribution in [1.82, 2.24) is 5.32 Å². The fraction of sp³-hybridized carbons (Fsp3) is 0.500. The van der Waals surface area contributed by atoms with E-state index in [2.05, 4.69) is 21.2 Å². The second-order valence-corrected chi connectivity index (χ2v) is 5.75. The first kappa shape index (κ1) is 15.1. The zero-order valence-corrected chi connectivity index (χ0v) is 13.1. The van der Waals surface area contributed by atoms with Crippen molar-refractivity contribution in [2.45, 2.75) is 31.3 Å². The molecule has 0 aliphatic heterocycles. The summed E-state index contributed by atoms with van der Waals surface area (Å²) in [5.41, 5.74) is 0.0887. The molecule has 6 heteroatoms. The predicted octanol–water partition coefficient (Wildman–Crippen LogP) is 2.56. The van der Waals surface area contributed by atoms with E-state index in [4.69, 9.17) is 9.47 Å². The molecular formula is C14H18BrNO4. The lowest BCUT2D eigenvalue weighted by Gasteiger charge is -2.38. The van der Waals surface area contributed by atoms with E-state index in [9.17, 15) is 9.90 Å². The zero-order valence-electron chi connectivity index (χ0n) is 11.5. The van der Waals surface area contributed by atoms with Crippen molar-refractivity contribution in [3.63, 3.8) is 0 Å². The zero-order chi connectivity index (χ0) is 14.8. The smallest absolute Gasteiger partial charge is 0.323 e. The van der Waals surface area contributed by atoms with Crippen LogP contribution in [0, 0.1) is 0 Å². The topological polar surface area (TPSA) is 67.8 Å². The average molecular weight is 344 g/mol. The van der Waals surface area contributed by atoms with Gasteiger partial charge in [-0.05, 0) is 47.3 Å². The molecule has 0 heterocycles. The van der Waals surface area contributed by atoms with E-state index >= 15 is 0 Å². The molecule has 0 aromatic heterocycles. The molecule has 1 saturated carbocycles. The maximum Gasteiger partial charge on any atom is 0.323 e. The molecule has 0 bridgehead atoms. The summed E-state index contributed by atoms with van der Waals surface area (Å²) in [5, 5.41) is 12.5. The number of benzene rings is 1. The van der Waals surface area contributed by atoms with Crippen molar-refractivity contribution in [3.8, 4) is 11.5 Å². The van der Waals surface area contributed by atoms with Crippen molar-refractivity contribution in [1.29, 1.82) is 0 Å². The van der Waals surface area contributed by atoms with Crippen LogP contribution in [0.1, 0.15) is 24.8 Å². The highest BCUT2D eigenvalue weighted by atomic mass is 79.9. The molecule has 5 nitrogen and oxygen atoms in total. The molecule has 0 saturated heterocycles. The maximum atomic E-state index is 11.3. The van der Waals surface area contributed by atoms with E-state index in [1.807, 2.05) is 12.1 Å². The Balaban J connectivity index is 2.18. The average Bonchev–Trinajstić information content (AvgIpc) is 2.37. The van der Waals surface area contributed by atoms with E-state index in [1.54, 1.807) is 14.2 Å². The Morgan fingerprint density at radius 2 is 2.00 bits per heavy atom. The van der Waals surface area contributed by atoms with Crippen molar-refractivity contribution in [3.05, 3.63) is 22.2 Å². The molecule has 0 atom stereocenters. The first-order chi connectivity index (χ1) is 9.52. The fourth-order valence-electron chi connectivity index (χ4n) is 2.32. The molecule has 1 aliphatic rings. The van der Waals surface area contributed by atoms with Crippen LogP contribution in [0.25, 0.3) is 0 Å². The van der Waals surface area contributed by atoms with Crippen LogP contribution < -0.4 is 14.8 Å². The Kier molecular flexibility index (Phi) is 4.55. The van der Waals surface area contributed by atoms with Gasteiger partial charge in [0.05, 0.1) is 18.7 Å². The number of aliphatic carboxylic acids is 1. The van der Waals surface area contributed by atoms with Crippen molar-refractivity contribution >= 4 is 21.9 Å². The molecule has 2 rings (SSSR count). The second kappa shape index (κ2) is 6.01. The third-order valence-corrected chi connectivity index (χ3v) is 4.41. The molecule has 110 valence electrons. The first-order valence-electron chi connectivity index (χ1n) is 6.41. The standard InChI is InChI=1S/C14H18BrNO4/c1-19-11-7-10(15)12(20-2)6-9(11)8-16-14(13(17)18)4-3-5-14/h6-7,16H,3-5,8H2,1-2H3,(H,17,18). The molecule has 1 fully saturated rings. The molecular weight excluding hydrogens is 326 g/mol. The number of halogens is 1. The predicted molar refractivity (Wildman–Crippen MR) is 78.3 cm³/mol. The summed E-state index contributed by atoms with van der Waals surface area (Å²) < 4.78 is 11.4. The second-order valence-electron chi connectivity index (χ2n) is 4.89. The van der Waals surface area contributed by atoms with Crippen LogP contribution >= 0.6 is 15.9 Å². The van der Waals surface area contributed by atoms with Crippen LogP contribution in [0.4, 0.5) is 0 Å². The van der Waals surface area contributed by atoms with Gasteiger partial charge in [0.15, 0.2) is 0 Å². The molecule has 0 amide bonds. The monoisotopic (exact) mass is 343 g/mol. The highest BCUT2D eigenvalue weighted by Gasteiger charge is 2.43. The van der Waals surface area contributed by atoms with Gasteiger partial charge in [0.1, 0.15) is 17.0 Å². The molecule has 1 aromatic carbocycles. The Bertz CT molecular complexity index is 514.